The van der Waals surface area contributed by atoms with Crippen LogP contribution in [0.2, 0.25) is 0 Å². The number of nitrogens with two attached hydrogens (primary N) is 1. The lowest BCUT2D eigenvalue weighted by molar-refractivity contribution is -0.132. The van der Waals surface area contributed by atoms with E-state index in [-0.39, 0.29) is 4.90 Å². The molecule has 1 aromatic rings. The third-order valence-electron chi connectivity index (χ3n) is 3.05. The predicted molar refractivity (Wildman–Crippen MR) is 70.9 cm³/mol. The van der Waals surface area contributed by atoms with Crippen molar-refractivity contribution in [2.75, 3.05) is 12.3 Å². The van der Waals surface area contributed by atoms with Crippen LogP contribution in [-0.2, 0) is 10.0 Å². The first kappa shape index (κ1) is 16.8. The first-order valence-electron chi connectivity index (χ1n) is 5.88. The molecule has 0 bridgehead atoms. The molecule has 0 spiro atoms. The van der Waals surface area contributed by atoms with Crippen LogP contribution in [0, 0.1) is 20.8 Å². The Morgan fingerprint density at radius 2 is 1.75 bits per heavy atom. The molecule has 0 saturated heterocycles. The van der Waals surface area contributed by atoms with E-state index in [0.717, 1.165) is 0 Å². The van der Waals surface area contributed by atoms with Crippen molar-refractivity contribution >= 4 is 15.7 Å². The summed E-state index contributed by atoms with van der Waals surface area (Å²) < 4.78 is 62.4. The maximum atomic E-state index is 12.1. The summed E-state index contributed by atoms with van der Waals surface area (Å²) in [7, 11) is -4.02. The summed E-state index contributed by atoms with van der Waals surface area (Å²) in [5.74, 6) is 0. The second-order valence-corrected chi connectivity index (χ2v) is 6.33. The molecule has 0 radical (unpaired) electrons. The van der Waals surface area contributed by atoms with Crippen molar-refractivity contribution in [3.63, 3.8) is 0 Å². The summed E-state index contributed by atoms with van der Waals surface area (Å²) in [6.07, 6.45) is -5.62. The van der Waals surface area contributed by atoms with Gasteiger partial charge in [-0.3, -0.25) is 0 Å². The van der Waals surface area contributed by atoms with E-state index in [1.54, 1.807) is 19.9 Å². The lowest BCUT2D eigenvalue weighted by atomic mass is 10.1. The molecule has 0 amide bonds. The number of aryl methyl sites for hydroxylation is 1. The predicted octanol–water partition coefficient (Wildman–Crippen LogP) is 2.42. The van der Waals surface area contributed by atoms with Gasteiger partial charge in [-0.25, -0.2) is 13.1 Å². The Kier molecular flexibility index (Phi) is 4.70. The highest BCUT2D eigenvalue weighted by Crippen LogP contribution is 2.28. The lowest BCUT2D eigenvalue weighted by Gasteiger charge is -2.16. The molecular weight excluding hydrogens is 293 g/mol. The number of alkyl halides is 3. The molecule has 114 valence electrons. The topological polar surface area (TPSA) is 72.2 Å². The van der Waals surface area contributed by atoms with E-state index in [2.05, 4.69) is 0 Å². The van der Waals surface area contributed by atoms with Crippen LogP contribution in [0.1, 0.15) is 23.1 Å². The van der Waals surface area contributed by atoms with E-state index in [0.29, 0.717) is 22.4 Å². The summed E-state index contributed by atoms with van der Waals surface area (Å²) >= 11 is 0. The maximum Gasteiger partial charge on any atom is 0.390 e. The van der Waals surface area contributed by atoms with Gasteiger partial charge in [0.1, 0.15) is 0 Å². The van der Waals surface area contributed by atoms with Gasteiger partial charge in [-0.2, -0.15) is 13.2 Å². The fourth-order valence-corrected chi connectivity index (χ4v) is 3.44. The van der Waals surface area contributed by atoms with E-state index < -0.39 is 29.2 Å². The Bertz CT molecular complexity index is 584. The molecule has 0 aliphatic heterocycles. The molecule has 0 saturated carbocycles. The molecule has 1 aromatic carbocycles. The van der Waals surface area contributed by atoms with Crippen molar-refractivity contribution < 1.29 is 21.6 Å². The van der Waals surface area contributed by atoms with Gasteiger partial charge in [-0.1, -0.05) is 0 Å². The molecule has 0 unspecified atom stereocenters. The van der Waals surface area contributed by atoms with Gasteiger partial charge in [0.05, 0.1) is 11.3 Å². The molecule has 0 aromatic heterocycles. The van der Waals surface area contributed by atoms with Crippen molar-refractivity contribution in [1.29, 1.82) is 0 Å². The van der Waals surface area contributed by atoms with Crippen LogP contribution in [0.25, 0.3) is 0 Å². The number of anilines is 1. The van der Waals surface area contributed by atoms with Crippen molar-refractivity contribution in [3.05, 3.63) is 22.8 Å². The number of hydrogen-bond donors (Lipinski definition) is 2. The largest absolute Gasteiger partial charge is 0.398 e. The smallest absolute Gasteiger partial charge is 0.390 e. The quantitative estimate of drug-likeness (QED) is 0.839. The molecule has 0 aliphatic carbocycles. The van der Waals surface area contributed by atoms with Crippen LogP contribution < -0.4 is 10.5 Å². The van der Waals surface area contributed by atoms with E-state index in [1.165, 1.54) is 6.92 Å². The van der Waals surface area contributed by atoms with Gasteiger partial charge in [-0.05, 0) is 43.5 Å². The lowest BCUT2D eigenvalue weighted by Crippen LogP contribution is -2.29. The first-order chi connectivity index (χ1) is 8.96. The zero-order chi connectivity index (χ0) is 15.7. The summed E-state index contributed by atoms with van der Waals surface area (Å²) in [4.78, 5) is -0.0443. The minimum Gasteiger partial charge on any atom is -0.398 e. The number of benzene rings is 1. The Hall–Kier alpha value is -1.28. The first-order valence-corrected chi connectivity index (χ1v) is 7.36. The molecule has 0 atom stereocenters. The molecule has 0 heterocycles. The Labute approximate surface area is 116 Å². The van der Waals surface area contributed by atoms with Gasteiger partial charge >= 0.3 is 6.18 Å². The van der Waals surface area contributed by atoms with Gasteiger partial charge in [0, 0.05) is 12.2 Å². The minimum atomic E-state index is -4.40. The van der Waals surface area contributed by atoms with Crippen molar-refractivity contribution in [3.8, 4) is 0 Å². The third kappa shape index (κ3) is 3.86. The van der Waals surface area contributed by atoms with Crippen LogP contribution in [0.5, 0.6) is 0 Å². The van der Waals surface area contributed by atoms with Gasteiger partial charge in [0.15, 0.2) is 0 Å². The fourth-order valence-electron chi connectivity index (χ4n) is 1.84. The van der Waals surface area contributed by atoms with E-state index in [1.807, 2.05) is 4.72 Å². The summed E-state index contributed by atoms with van der Waals surface area (Å²) in [6, 6.07) is 1.64. The number of rotatable bonds is 4. The number of hydrogen-bond acceptors (Lipinski definition) is 3. The molecule has 8 heteroatoms. The van der Waals surface area contributed by atoms with Gasteiger partial charge in [-0.15, -0.1) is 0 Å². The monoisotopic (exact) mass is 310 g/mol. The number of sulfonamides is 1. The van der Waals surface area contributed by atoms with E-state index >= 15 is 0 Å². The summed E-state index contributed by atoms with van der Waals surface area (Å²) in [5, 5.41) is 0. The van der Waals surface area contributed by atoms with Crippen molar-refractivity contribution in [2.24, 2.45) is 0 Å². The highest BCUT2D eigenvalue weighted by molar-refractivity contribution is 7.89. The Morgan fingerprint density at radius 3 is 2.25 bits per heavy atom. The highest BCUT2D eigenvalue weighted by Gasteiger charge is 2.28. The average Bonchev–Trinajstić information content (AvgIpc) is 2.24. The fraction of sp³-hybridized carbons (Fsp3) is 0.500. The van der Waals surface area contributed by atoms with Gasteiger partial charge in [0.2, 0.25) is 10.0 Å². The molecule has 0 aliphatic rings. The standard InChI is InChI=1S/C12H17F3N2O2S/c1-7-6-10(16)9(3)11(8(7)2)20(18,19)17-5-4-12(13,14)15/h6,17H,4-5,16H2,1-3H3. The van der Waals surface area contributed by atoms with Crippen LogP contribution in [0.4, 0.5) is 18.9 Å². The summed E-state index contributed by atoms with van der Waals surface area (Å²) in [6.45, 7) is 4.12. The molecule has 20 heavy (non-hydrogen) atoms. The van der Waals surface area contributed by atoms with Crippen LogP contribution >= 0.6 is 0 Å². The average molecular weight is 310 g/mol. The summed E-state index contributed by atoms with van der Waals surface area (Å²) in [5.41, 5.74) is 7.50. The van der Waals surface area contributed by atoms with E-state index in [9.17, 15) is 21.6 Å². The maximum absolute atomic E-state index is 12.1. The normalized spacial score (nSPS) is 12.7. The molecule has 0 fully saturated rings. The number of nitrogen functional groups attached to an aromatic ring is 1. The number of nitrogens with one attached hydrogen (secondary N) is 1. The Balaban J connectivity index is 3.11. The third-order valence-corrected chi connectivity index (χ3v) is 4.78. The van der Waals surface area contributed by atoms with Crippen molar-refractivity contribution in [2.45, 2.75) is 38.3 Å². The Morgan fingerprint density at radius 1 is 1.20 bits per heavy atom. The minimum absolute atomic E-state index is 0.0443. The van der Waals surface area contributed by atoms with Gasteiger partial charge in [0.25, 0.3) is 0 Å². The van der Waals surface area contributed by atoms with Crippen LogP contribution in [0.3, 0.4) is 0 Å². The van der Waals surface area contributed by atoms with E-state index in [4.69, 9.17) is 5.73 Å². The van der Waals surface area contributed by atoms with Crippen LogP contribution in [0.15, 0.2) is 11.0 Å². The highest BCUT2D eigenvalue weighted by atomic mass is 32.2. The SMILES string of the molecule is Cc1cc(N)c(C)c(S(=O)(=O)NCCC(F)(F)F)c1C. The number of halogens is 3. The van der Waals surface area contributed by atoms with Crippen LogP contribution in [-0.4, -0.2) is 21.1 Å². The second kappa shape index (κ2) is 5.61. The molecular formula is C12H17F3N2O2S. The molecule has 3 N–H and O–H groups in total. The molecule has 4 nitrogen and oxygen atoms in total. The second-order valence-electron chi connectivity index (χ2n) is 4.62. The zero-order valence-electron chi connectivity index (χ0n) is 11.4. The zero-order valence-corrected chi connectivity index (χ0v) is 12.2. The molecule has 1 rings (SSSR count). The van der Waals surface area contributed by atoms with Gasteiger partial charge < -0.3 is 5.73 Å². The van der Waals surface area contributed by atoms with Crippen molar-refractivity contribution in [1.82, 2.24) is 4.72 Å².